The molecular formula is C14H23N. The standard InChI is InChI=1S/C14H23N/c1-10(2)8-13-7-6-12(11(3)4)9-14(13)15-5/h6-7,9-11,15H,8H2,1-5H3. The van der Waals surface area contributed by atoms with Gasteiger partial charge in [0.1, 0.15) is 0 Å². The Balaban J connectivity index is 2.98. The molecule has 0 aliphatic heterocycles. The van der Waals surface area contributed by atoms with Crippen LogP contribution in [0.4, 0.5) is 5.69 Å². The Hall–Kier alpha value is -0.980. The van der Waals surface area contributed by atoms with Crippen molar-refractivity contribution in [3.63, 3.8) is 0 Å². The van der Waals surface area contributed by atoms with E-state index in [9.17, 15) is 0 Å². The Labute approximate surface area is 93.9 Å². The second kappa shape index (κ2) is 5.20. The molecule has 1 heteroatoms. The molecule has 0 radical (unpaired) electrons. The van der Waals surface area contributed by atoms with Crippen molar-refractivity contribution in [1.29, 1.82) is 0 Å². The maximum Gasteiger partial charge on any atom is 0.0373 e. The van der Waals surface area contributed by atoms with Gasteiger partial charge in [0.05, 0.1) is 0 Å². The average Bonchev–Trinajstić information content (AvgIpc) is 2.17. The second-order valence-electron chi connectivity index (χ2n) is 4.92. The number of benzene rings is 1. The van der Waals surface area contributed by atoms with E-state index in [4.69, 9.17) is 0 Å². The maximum atomic E-state index is 3.30. The van der Waals surface area contributed by atoms with Crippen molar-refractivity contribution in [2.45, 2.75) is 40.0 Å². The highest BCUT2D eigenvalue weighted by Crippen LogP contribution is 2.24. The van der Waals surface area contributed by atoms with Crippen molar-refractivity contribution in [1.82, 2.24) is 0 Å². The van der Waals surface area contributed by atoms with Gasteiger partial charge < -0.3 is 5.32 Å². The summed E-state index contributed by atoms with van der Waals surface area (Å²) < 4.78 is 0. The third-order valence-electron chi connectivity index (χ3n) is 2.70. The summed E-state index contributed by atoms with van der Waals surface area (Å²) in [6.45, 7) is 8.99. The zero-order valence-corrected chi connectivity index (χ0v) is 10.6. The summed E-state index contributed by atoms with van der Waals surface area (Å²) in [5, 5.41) is 3.30. The molecule has 1 aromatic rings. The van der Waals surface area contributed by atoms with Gasteiger partial charge >= 0.3 is 0 Å². The fourth-order valence-electron chi connectivity index (χ4n) is 1.80. The van der Waals surface area contributed by atoms with Crippen molar-refractivity contribution in [2.24, 2.45) is 5.92 Å². The van der Waals surface area contributed by atoms with Gasteiger partial charge in [0.2, 0.25) is 0 Å². The van der Waals surface area contributed by atoms with Gasteiger partial charge in [-0.2, -0.15) is 0 Å². The van der Waals surface area contributed by atoms with Crippen LogP contribution in [-0.4, -0.2) is 7.05 Å². The molecule has 1 nitrogen and oxygen atoms in total. The monoisotopic (exact) mass is 205 g/mol. The van der Waals surface area contributed by atoms with Gasteiger partial charge in [-0.05, 0) is 35.4 Å². The van der Waals surface area contributed by atoms with Crippen LogP contribution in [0.2, 0.25) is 0 Å². The largest absolute Gasteiger partial charge is 0.388 e. The zero-order chi connectivity index (χ0) is 11.4. The lowest BCUT2D eigenvalue weighted by Gasteiger charge is -2.14. The fourth-order valence-corrected chi connectivity index (χ4v) is 1.80. The summed E-state index contributed by atoms with van der Waals surface area (Å²) in [6, 6.07) is 6.80. The number of anilines is 1. The van der Waals surface area contributed by atoms with Crippen LogP contribution in [0.3, 0.4) is 0 Å². The van der Waals surface area contributed by atoms with E-state index in [1.54, 1.807) is 0 Å². The van der Waals surface area contributed by atoms with Gasteiger partial charge in [-0.3, -0.25) is 0 Å². The number of hydrogen-bond donors (Lipinski definition) is 1. The highest BCUT2D eigenvalue weighted by atomic mass is 14.8. The summed E-state index contributed by atoms with van der Waals surface area (Å²) in [4.78, 5) is 0. The van der Waals surface area contributed by atoms with E-state index >= 15 is 0 Å². The summed E-state index contributed by atoms with van der Waals surface area (Å²) in [5.74, 6) is 1.31. The lowest BCUT2D eigenvalue weighted by atomic mass is 9.96. The molecule has 0 atom stereocenters. The van der Waals surface area contributed by atoms with Crippen molar-refractivity contribution in [2.75, 3.05) is 12.4 Å². The van der Waals surface area contributed by atoms with Gasteiger partial charge in [-0.1, -0.05) is 39.8 Å². The lowest BCUT2D eigenvalue weighted by Crippen LogP contribution is -2.01. The van der Waals surface area contributed by atoms with E-state index < -0.39 is 0 Å². The molecule has 0 unspecified atom stereocenters. The van der Waals surface area contributed by atoms with E-state index in [0.29, 0.717) is 11.8 Å². The quantitative estimate of drug-likeness (QED) is 0.782. The van der Waals surface area contributed by atoms with E-state index in [1.807, 2.05) is 7.05 Å². The summed E-state index contributed by atoms with van der Waals surface area (Å²) in [7, 11) is 2.00. The molecule has 0 amide bonds. The van der Waals surface area contributed by atoms with Gasteiger partial charge in [-0.25, -0.2) is 0 Å². The van der Waals surface area contributed by atoms with Crippen LogP contribution in [0.25, 0.3) is 0 Å². The van der Waals surface area contributed by atoms with E-state index in [1.165, 1.54) is 16.8 Å². The van der Waals surface area contributed by atoms with Crippen molar-refractivity contribution < 1.29 is 0 Å². The van der Waals surface area contributed by atoms with Gasteiger partial charge in [0.15, 0.2) is 0 Å². The molecule has 0 fully saturated rings. The molecule has 0 aliphatic rings. The normalized spacial score (nSPS) is 11.1. The van der Waals surface area contributed by atoms with Crippen LogP contribution < -0.4 is 5.32 Å². The highest BCUT2D eigenvalue weighted by Gasteiger charge is 2.06. The predicted octanol–water partition coefficient (Wildman–Crippen LogP) is 4.05. The smallest absolute Gasteiger partial charge is 0.0373 e. The summed E-state index contributed by atoms with van der Waals surface area (Å²) >= 11 is 0. The molecule has 1 rings (SSSR count). The van der Waals surface area contributed by atoms with Crippen molar-refractivity contribution in [3.8, 4) is 0 Å². The third kappa shape index (κ3) is 3.26. The number of nitrogens with one attached hydrogen (secondary N) is 1. The Morgan fingerprint density at radius 1 is 1.13 bits per heavy atom. The summed E-state index contributed by atoms with van der Waals surface area (Å²) in [6.07, 6.45) is 1.15. The third-order valence-corrected chi connectivity index (χ3v) is 2.70. The van der Waals surface area contributed by atoms with E-state index in [0.717, 1.165) is 6.42 Å². The van der Waals surface area contributed by atoms with E-state index in [-0.39, 0.29) is 0 Å². The van der Waals surface area contributed by atoms with Crippen LogP contribution in [0.1, 0.15) is 44.7 Å². The van der Waals surface area contributed by atoms with Crippen LogP contribution in [0.15, 0.2) is 18.2 Å². The van der Waals surface area contributed by atoms with Crippen LogP contribution >= 0.6 is 0 Å². The Bertz CT molecular complexity index is 313. The Morgan fingerprint density at radius 2 is 1.80 bits per heavy atom. The first-order valence-corrected chi connectivity index (χ1v) is 5.85. The first-order chi connectivity index (χ1) is 7.04. The predicted molar refractivity (Wildman–Crippen MR) is 68.6 cm³/mol. The van der Waals surface area contributed by atoms with Gasteiger partial charge in [0, 0.05) is 12.7 Å². The molecule has 1 aromatic carbocycles. The fraction of sp³-hybridized carbons (Fsp3) is 0.571. The van der Waals surface area contributed by atoms with E-state index in [2.05, 4.69) is 51.2 Å². The topological polar surface area (TPSA) is 12.0 Å². The molecular weight excluding hydrogens is 182 g/mol. The van der Waals surface area contributed by atoms with Gasteiger partial charge in [-0.15, -0.1) is 0 Å². The second-order valence-corrected chi connectivity index (χ2v) is 4.92. The zero-order valence-electron chi connectivity index (χ0n) is 10.6. The molecule has 15 heavy (non-hydrogen) atoms. The molecule has 0 aromatic heterocycles. The number of hydrogen-bond acceptors (Lipinski definition) is 1. The molecule has 0 saturated carbocycles. The number of rotatable bonds is 4. The Kier molecular flexibility index (Phi) is 4.19. The summed E-state index contributed by atoms with van der Waals surface area (Å²) in [5.41, 5.74) is 4.12. The first-order valence-electron chi connectivity index (χ1n) is 5.85. The molecule has 84 valence electrons. The van der Waals surface area contributed by atoms with Crippen LogP contribution in [0.5, 0.6) is 0 Å². The minimum absolute atomic E-state index is 0.602. The SMILES string of the molecule is CNc1cc(C(C)C)ccc1CC(C)C. The first kappa shape index (κ1) is 12.1. The van der Waals surface area contributed by atoms with Crippen LogP contribution in [0, 0.1) is 5.92 Å². The molecule has 0 heterocycles. The maximum absolute atomic E-state index is 3.30. The van der Waals surface area contributed by atoms with Crippen molar-refractivity contribution >= 4 is 5.69 Å². The molecule has 0 spiro atoms. The van der Waals surface area contributed by atoms with Crippen LogP contribution in [-0.2, 0) is 6.42 Å². The molecule has 0 aliphatic carbocycles. The minimum Gasteiger partial charge on any atom is -0.388 e. The average molecular weight is 205 g/mol. The van der Waals surface area contributed by atoms with Gasteiger partial charge in [0.25, 0.3) is 0 Å². The minimum atomic E-state index is 0.602. The molecule has 1 N–H and O–H groups in total. The molecule has 0 bridgehead atoms. The lowest BCUT2D eigenvalue weighted by molar-refractivity contribution is 0.648. The van der Waals surface area contributed by atoms with Crippen molar-refractivity contribution in [3.05, 3.63) is 29.3 Å². The Morgan fingerprint density at radius 3 is 2.27 bits per heavy atom. The highest BCUT2D eigenvalue weighted by molar-refractivity contribution is 5.53. The molecule has 0 saturated heterocycles.